The number of aliphatic hydroxyl groups excluding tert-OH is 1. The third-order valence-electron chi connectivity index (χ3n) is 2.89. The molecule has 106 valence electrons. The molecule has 0 heterocycles. The van der Waals surface area contributed by atoms with Gasteiger partial charge in [-0.1, -0.05) is 0 Å². The summed E-state index contributed by atoms with van der Waals surface area (Å²) in [5, 5.41) is 8.84. The van der Waals surface area contributed by atoms with E-state index >= 15 is 0 Å². The predicted molar refractivity (Wildman–Crippen MR) is 72.8 cm³/mol. The van der Waals surface area contributed by atoms with Crippen LogP contribution in [-0.4, -0.2) is 49.8 Å². The van der Waals surface area contributed by atoms with Crippen LogP contribution in [0, 0.1) is 0 Å². The Morgan fingerprint density at radius 1 is 1.26 bits per heavy atom. The Bertz CT molecular complexity index is 420. The van der Waals surface area contributed by atoms with E-state index in [1.165, 1.54) is 7.11 Å². The largest absolute Gasteiger partial charge is 0.493 e. The number of methoxy groups -OCH3 is 2. The number of carbonyl (C=O) groups is 1. The molecule has 0 aliphatic rings. The molecule has 1 aromatic rings. The molecule has 5 nitrogen and oxygen atoms in total. The van der Waals surface area contributed by atoms with Gasteiger partial charge in [0, 0.05) is 25.3 Å². The highest BCUT2D eigenvalue weighted by Gasteiger charge is 2.16. The van der Waals surface area contributed by atoms with Gasteiger partial charge in [-0.15, -0.1) is 0 Å². The Labute approximate surface area is 113 Å². The first-order chi connectivity index (χ1) is 9.17. The third-order valence-corrected chi connectivity index (χ3v) is 2.89. The van der Waals surface area contributed by atoms with Gasteiger partial charge in [0.25, 0.3) is 5.91 Å². The molecule has 1 aromatic carbocycles. The minimum atomic E-state index is -0.0723. The maximum Gasteiger partial charge on any atom is 0.253 e. The van der Waals surface area contributed by atoms with Crippen molar-refractivity contribution in [3.8, 4) is 11.5 Å². The smallest absolute Gasteiger partial charge is 0.253 e. The lowest BCUT2D eigenvalue weighted by atomic mass is 10.1. The van der Waals surface area contributed by atoms with Crippen LogP contribution in [0.1, 0.15) is 23.7 Å². The number of carbonyl (C=O) groups excluding carboxylic acids is 1. The lowest BCUT2D eigenvalue weighted by Gasteiger charge is -2.21. The molecular formula is C14H21NO4. The second-order valence-corrected chi connectivity index (χ2v) is 4.03. The van der Waals surface area contributed by atoms with Crippen LogP contribution >= 0.6 is 0 Å². The van der Waals surface area contributed by atoms with Crippen LogP contribution < -0.4 is 9.47 Å². The average molecular weight is 267 g/mol. The van der Waals surface area contributed by atoms with Crippen molar-refractivity contribution in [2.24, 2.45) is 0 Å². The molecule has 0 aromatic heterocycles. The van der Waals surface area contributed by atoms with Crippen LogP contribution in [0.2, 0.25) is 0 Å². The summed E-state index contributed by atoms with van der Waals surface area (Å²) in [7, 11) is 3.09. The number of amides is 1. The van der Waals surface area contributed by atoms with Crippen LogP contribution in [0.5, 0.6) is 11.5 Å². The van der Waals surface area contributed by atoms with Gasteiger partial charge >= 0.3 is 0 Å². The molecule has 0 bridgehead atoms. The molecule has 0 atom stereocenters. The average Bonchev–Trinajstić information content (AvgIpc) is 2.46. The molecule has 0 aliphatic heterocycles. The van der Waals surface area contributed by atoms with Gasteiger partial charge in [0.2, 0.25) is 0 Å². The van der Waals surface area contributed by atoms with Crippen LogP contribution in [0.3, 0.4) is 0 Å². The number of nitrogens with zero attached hydrogens (tertiary/aromatic N) is 1. The molecule has 1 rings (SSSR count). The molecule has 0 saturated heterocycles. The summed E-state index contributed by atoms with van der Waals surface area (Å²) in [5.74, 6) is 1.06. The molecule has 0 saturated carbocycles. The zero-order chi connectivity index (χ0) is 14.3. The number of ether oxygens (including phenoxy) is 2. The molecule has 0 aliphatic carbocycles. The van der Waals surface area contributed by atoms with E-state index in [1.807, 2.05) is 6.92 Å². The van der Waals surface area contributed by atoms with Crippen molar-refractivity contribution in [1.29, 1.82) is 0 Å². The van der Waals surface area contributed by atoms with Crippen molar-refractivity contribution < 1.29 is 19.4 Å². The Morgan fingerprint density at radius 3 is 2.47 bits per heavy atom. The van der Waals surface area contributed by atoms with E-state index in [-0.39, 0.29) is 12.5 Å². The van der Waals surface area contributed by atoms with E-state index in [1.54, 1.807) is 30.2 Å². The van der Waals surface area contributed by atoms with E-state index in [9.17, 15) is 4.79 Å². The fourth-order valence-corrected chi connectivity index (χ4v) is 1.82. The first kappa shape index (κ1) is 15.3. The molecule has 0 unspecified atom stereocenters. The minimum absolute atomic E-state index is 0.0723. The lowest BCUT2D eigenvalue weighted by molar-refractivity contribution is 0.0754. The highest BCUT2D eigenvalue weighted by Crippen LogP contribution is 2.28. The summed E-state index contributed by atoms with van der Waals surface area (Å²) >= 11 is 0. The van der Waals surface area contributed by atoms with E-state index < -0.39 is 0 Å². The Balaban J connectivity index is 2.91. The van der Waals surface area contributed by atoms with Crippen LogP contribution in [-0.2, 0) is 0 Å². The van der Waals surface area contributed by atoms with Crippen molar-refractivity contribution in [2.45, 2.75) is 13.3 Å². The van der Waals surface area contributed by atoms with Crippen LogP contribution in [0.4, 0.5) is 0 Å². The van der Waals surface area contributed by atoms with Gasteiger partial charge < -0.3 is 19.5 Å². The fourth-order valence-electron chi connectivity index (χ4n) is 1.82. The van der Waals surface area contributed by atoms with Crippen molar-refractivity contribution in [3.05, 3.63) is 23.8 Å². The molecule has 1 N–H and O–H groups in total. The van der Waals surface area contributed by atoms with Crippen molar-refractivity contribution in [1.82, 2.24) is 4.90 Å². The number of rotatable bonds is 7. The summed E-state index contributed by atoms with van der Waals surface area (Å²) in [5.41, 5.74) is 0.553. The number of aliphatic hydroxyl groups is 1. The van der Waals surface area contributed by atoms with E-state index in [4.69, 9.17) is 14.6 Å². The maximum atomic E-state index is 12.3. The highest BCUT2D eigenvalue weighted by molar-refractivity contribution is 5.94. The molecule has 1 amide bonds. The first-order valence-electron chi connectivity index (χ1n) is 6.30. The molecule has 19 heavy (non-hydrogen) atoms. The second-order valence-electron chi connectivity index (χ2n) is 4.03. The standard InChI is InChI=1S/C14H21NO4/c1-4-15(8-5-9-16)14(17)11-6-7-12(18-2)13(10-11)19-3/h6-7,10,16H,4-5,8-9H2,1-3H3. The number of hydrogen-bond donors (Lipinski definition) is 1. The molecular weight excluding hydrogens is 246 g/mol. The van der Waals surface area contributed by atoms with Crippen LogP contribution in [0.15, 0.2) is 18.2 Å². The Morgan fingerprint density at radius 2 is 1.95 bits per heavy atom. The minimum Gasteiger partial charge on any atom is -0.493 e. The Kier molecular flexibility index (Phi) is 6.15. The molecule has 0 fully saturated rings. The van der Waals surface area contributed by atoms with Crippen LogP contribution in [0.25, 0.3) is 0 Å². The second kappa shape index (κ2) is 7.63. The van der Waals surface area contributed by atoms with Crippen molar-refractivity contribution >= 4 is 5.91 Å². The first-order valence-corrected chi connectivity index (χ1v) is 6.30. The van der Waals surface area contributed by atoms with Gasteiger partial charge in [-0.2, -0.15) is 0 Å². The summed E-state index contributed by atoms with van der Waals surface area (Å²) in [6, 6.07) is 5.10. The van der Waals surface area contributed by atoms with Crippen molar-refractivity contribution in [2.75, 3.05) is 33.9 Å². The Hall–Kier alpha value is -1.75. The van der Waals surface area contributed by atoms with E-state index in [0.717, 1.165) is 0 Å². The molecule has 5 heteroatoms. The van der Waals surface area contributed by atoms with Gasteiger partial charge in [-0.3, -0.25) is 4.79 Å². The van der Waals surface area contributed by atoms with Gasteiger partial charge in [0.05, 0.1) is 14.2 Å². The lowest BCUT2D eigenvalue weighted by Crippen LogP contribution is -2.32. The third kappa shape index (κ3) is 3.86. The van der Waals surface area contributed by atoms with Gasteiger partial charge in [-0.25, -0.2) is 0 Å². The highest BCUT2D eigenvalue weighted by atomic mass is 16.5. The fraction of sp³-hybridized carbons (Fsp3) is 0.500. The SMILES string of the molecule is CCN(CCCO)C(=O)c1ccc(OC)c(OC)c1. The topological polar surface area (TPSA) is 59.0 Å². The van der Waals surface area contributed by atoms with Gasteiger partial charge in [0.15, 0.2) is 11.5 Å². The number of hydrogen-bond acceptors (Lipinski definition) is 4. The number of benzene rings is 1. The molecule has 0 radical (unpaired) electrons. The maximum absolute atomic E-state index is 12.3. The zero-order valence-electron chi connectivity index (χ0n) is 11.7. The summed E-state index contributed by atoms with van der Waals surface area (Å²) < 4.78 is 10.3. The molecule has 0 spiro atoms. The van der Waals surface area contributed by atoms with E-state index in [2.05, 4.69) is 0 Å². The van der Waals surface area contributed by atoms with E-state index in [0.29, 0.717) is 36.6 Å². The monoisotopic (exact) mass is 267 g/mol. The normalized spacial score (nSPS) is 10.1. The van der Waals surface area contributed by atoms with Gasteiger partial charge in [0.1, 0.15) is 0 Å². The quantitative estimate of drug-likeness (QED) is 0.814. The summed E-state index contributed by atoms with van der Waals surface area (Å²) in [6.45, 7) is 3.14. The zero-order valence-corrected chi connectivity index (χ0v) is 11.7. The van der Waals surface area contributed by atoms with Gasteiger partial charge in [-0.05, 0) is 31.5 Å². The van der Waals surface area contributed by atoms with Crippen molar-refractivity contribution in [3.63, 3.8) is 0 Å². The summed E-state index contributed by atoms with van der Waals surface area (Å²) in [6.07, 6.45) is 0.576. The predicted octanol–water partition coefficient (Wildman–Crippen LogP) is 1.55. The summed E-state index contributed by atoms with van der Waals surface area (Å²) in [4.78, 5) is 14.0.